The van der Waals surface area contributed by atoms with Gasteiger partial charge in [-0.2, -0.15) is 5.10 Å². The Bertz CT molecular complexity index is 562. The lowest BCUT2D eigenvalue weighted by Gasteiger charge is -2.04. The highest BCUT2D eigenvalue weighted by Gasteiger charge is 2.16. The third-order valence-electron chi connectivity index (χ3n) is 2.44. The standard InChI is InChI=1S/C12H11ClFN3O/c1-2-7-6-10(17-16-7)15-12(18)11-8(13)4-3-5-9(11)14/h3-6H,2H2,1H3,(H2,15,16,17,18). The van der Waals surface area contributed by atoms with Gasteiger partial charge >= 0.3 is 0 Å². The molecule has 2 rings (SSSR count). The maximum atomic E-state index is 13.5. The van der Waals surface area contributed by atoms with Crippen LogP contribution in [0.2, 0.25) is 5.02 Å². The van der Waals surface area contributed by atoms with Crippen molar-refractivity contribution in [2.45, 2.75) is 13.3 Å². The van der Waals surface area contributed by atoms with Crippen molar-refractivity contribution in [1.82, 2.24) is 10.2 Å². The lowest BCUT2D eigenvalue weighted by Crippen LogP contribution is -2.14. The zero-order valence-corrected chi connectivity index (χ0v) is 10.4. The molecule has 4 nitrogen and oxygen atoms in total. The molecule has 0 spiro atoms. The fourth-order valence-corrected chi connectivity index (χ4v) is 1.75. The molecule has 1 aromatic heterocycles. The van der Waals surface area contributed by atoms with Gasteiger partial charge in [0.25, 0.3) is 5.91 Å². The summed E-state index contributed by atoms with van der Waals surface area (Å²) < 4.78 is 13.5. The summed E-state index contributed by atoms with van der Waals surface area (Å²) in [5.74, 6) is -0.935. The molecule has 6 heteroatoms. The van der Waals surface area contributed by atoms with Gasteiger partial charge in [0.05, 0.1) is 10.6 Å². The molecule has 2 aromatic rings. The van der Waals surface area contributed by atoms with Crippen LogP contribution >= 0.6 is 11.6 Å². The van der Waals surface area contributed by atoms with Crippen molar-refractivity contribution >= 4 is 23.3 Å². The molecule has 0 unspecified atom stereocenters. The first-order valence-electron chi connectivity index (χ1n) is 5.41. The average Bonchev–Trinajstić information content (AvgIpc) is 2.76. The van der Waals surface area contributed by atoms with E-state index in [1.54, 1.807) is 6.07 Å². The number of amides is 1. The second-order valence-electron chi connectivity index (χ2n) is 3.68. The summed E-state index contributed by atoms with van der Waals surface area (Å²) in [6.07, 6.45) is 0.767. The van der Waals surface area contributed by atoms with E-state index < -0.39 is 11.7 Å². The van der Waals surface area contributed by atoms with E-state index in [1.165, 1.54) is 18.2 Å². The highest BCUT2D eigenvalue weighted by atomic mass is 35.5. The first-order valence-corrected chi connectivity index (χ1v) is 5.79. The SMILES string of the molecule is CCc1cc(NC(=O)c2c(F)cccc2Cl)n[nH]1. The number of nitrogens with zero attached hydrogens (tertiary/aromatic N) is 1. The molecule has 1 amide bonds. The molecule has 0 aliphatic carbocycles. The number of carbonyl (C=O) groups is 1. The smallest absolute Gasteiger partial charge is 0.261 e. The van der Waals surface area contributed by atoms with Crippen molar-refractivity contribution < 1.29 is 9.18 Å². The molecule has 0 saturated carbocycles. The number of nitrogens with one attached hydrogen (secondary N) is 2. The number of H-pyrrole nitrogens is 1. The summed E-state index contributed by atoms with van der Waals surface area (Å²) in [6.45, 7) is 1.95. The topological polar surface area (TPSA) is 57.8 Å². The number of anilines is 1. The molecule has 1 aromatic carbocycles. The number of aryl methyl sites for hydroxylation is 1. The van der Waals surface area contributed by atoms with Gasteiger partial charge in [-0.05, 0) is 18.6 Å². The minimum absolute atomic E-state index is 0.0683. The fourth-order valence-electron chi connectivity index (χ4n) is 1.50. The van der Waals surface area contributed by atoms with Gasteiger partial charge in [0.15, 0.2) is 5.82 Å². The summed E-state index contributed by atoms with van der Waals surface area (Å²) in [5.41, 5.74) is 0.699. The van der Waals surface area contributed by atoms with Crippen molar-refractivity contribution in [2.75, 3.05) is 5.32 Å². The zero-order chi connectivity index (χ0) is 13.1. The van der Waals surface area contributed by atoms with Crippen LogP contribution < -0.4 is 5.32 Å². The van der Waals surface area contributed by atoms with E-state index in [1.807, 2.05) is 6.92 Å². The number of hydrogen-bond acceptors (Lipinski definition) is 2. The molecule has 0 aliphatic heterocycles. The molecular weight excluding hydrogens is 257 g/mol. The molecule has 94 valence electrons. The van der Waals surface area contributed by atoms with E-state index in [0.29, 0.717) is 5.82 Å². The van der Waals surface area contributed by atoms with Crippen LogP contribution in [0.3, 0.4) is 0 Å². The van der Waals surface area contributed by atoms with E-state index in [9.17, 15) is 9.18 Å². The van der Waals surface area contributed by atoms with Crippen molar-refractivity contribution in [3.05, 3.63) is 46.4 Å². The molecule has 0 radical (unpaired) electrons. The molecule has 0 fully saturated rings. The van der Waals surface area contributed by atoms with E-state index in [2.05, 4.69) is 15.5 Å². The van der Waals surface area contributed by atoms with Crippen LogP contribution in [0.15, 0.2) is 24.3 Å². The van der Waals surface area contributed by atoms with Crippen LogP contribution in [0.25, 0.3) is 0 Å². The Morgan fingerprint density at radius 2 is 2.33 bits per heavy atom. The maximum Gasteiger partial charge on any atom is 0.261 e. The molecular formula is C12H11ClFN3O. The molecule has 0 atom stereocenters. The van der Waals surface area contributed by atoms with Crippen LogP contribution in [-0.4, -0.2) is 16.1 Å². The Hall–Kier alpha value is -1.88. The first-order chi connectivity index (χ1) is 8.61. The van der Waals surface area contributed by atoms with Crippen LogP contribution in [0.1, 0.15) is 23.0 Å². The Kier molecular flexibility index (Phi) is 3.62. The monoisotopic (exact) mass is 267 g/mol. The van der Waals surface area contributed by atoms with Crippen molar-refractivity contribution in [1.29, 1.82) is 0 Å². The van der Waals surface area contributed by atoms with Gasteiger partial charge < -0.3 is 5.32 Å². The maximum absolute atomic E-state index is 13.5. The van der Waals surface area contributed by atoms with Crippen molar-refractivity contribution in [3.8, 4) is 0 Å². The van der Waals surface area contributed by atoms with E-state index in [0.717, 1.165) is 12.1 Å². The van der Waals surface area contributed by atoms with Gasteiger partial charge in [0, 0.05) is 11.8 Å². The molecule has 0 aliphatic rings. The van der Waals surface area contributed by atoms with Crippen LogP contribution in [0.4, 0.5) is 10.2 Å². The zero-order valence-electron chi connectivity index (χ0n) is 9.63. The van der Waals surface area contributed by atoms with Crippen LogP contribution in [-0.2, 0) is 6.42 Å². The minimum atomic E-state index is -0.661. The lowest BCUT2D eigenvalue weighted by atomic mass is 10.2. The number of aromatic amines is 1. The van der Waals surface area contributed by atoms with E-state index in [4.69, 9.17) is 11.6 Å². The first kappa shape index (κ1) is 12.6. The Morgan fingerprint density at radius 1 is 1.56 bits per heavy atom. The van der Waals surface area contributed by atoms with E-state index >= 15 is 0 Å². The number of aromatic nitrogens is 2. The molecule has 18 heavy (non-hydrogen) atoms. The highest BCUT2D eigenvalue weighted by molar-refractivity contribution is 6.34. The van der Waals surface area contributed by atoms with Crippen molar-refractivity contribution in [2.24, 2.45) is 0 Å². The fraction of sp³-hybridized carbons (Fsp3) is 0.167. The number of halogens is 2. The van der Waals surface area contributed by atoms with Crippen molar-refractivity contribution in [3.63, 3.8) is 0 Å². The van der Waals surface area contributed by atoms with Gasteiger partial charge in [0.2, 0.25) is 0 Å². The third-order valence-corrected chi connectivity index (χ3v) is 2.76. The van der Waals surface area contributed by atoms with Gasteiger partial charge in [-0.15, -0.1) is 0 Å². The predicted molar refractivity (Wildman–Crippen MR) is 67.3 cm³/mol. The average molecular weight is 268 g/mol. The lowest BCUT2D eigenvalue weighted by molar-refractivity contribution is 0.102. The second-order valence-corrected chi connectivity index (χ2v) is 4.09. The Morgan fingerprint density at radius 3 is 2.94 bits per heavy atom. The normalized spacial score (nSPS) is 10.4. The van der Waals surface area contributed by atoms with E-state index in [-0.39, 0.29) is 10.6 Å². The predicted octanol–water partition coefficient (Wildman–Crippen LogP) is 3.02. The molecule has 1 heterocycles. The quantitative estimate of drug-likeness (QED) is 0.898. The third kappa shape index (κ3) is 2.51. The van der Waals surface area contributed by atoms with Gasteiger partial charge in [-0.1, -0.05) is 24.6 Å². The number of benzene rings is 1. The molecule has 2 N–H and O–H groups in total. The Balaban J connectivity index is 2.22. The minimum Gasteiger partial charge on any atom is -0.305 e. The largest absolute Gasteiger partial charge is 0.305 e. The highest BCUT2D eigenvalue weighted by Crippen LogP contribution is 2.20. The molecule has 0 saturated heterocycles. The summed E-state index contributed by atoms with van der Waals surface area (Å²) in [4.78, 5) is 11.9. The van der Waals surface area contributed by atoms with Gasteiger partial charge in [0.1, 0.15) is 5.82 Å². The Labute approximate surface area is 108 Å². The summed E-state index contributed by atoms with van der Waals surface area (Å²) in [6, 6.07) is 5.77. The van der Waals surface area contributed by atoms with Gasteiger partial charge in [-0.25, -0.2) is 4.39 Å². The summed E-state index contributed by atoms with van der Waals surface area (Å²) >= 11 is 5.79. The summed E-state index contributed by atoms with van der Waals surface area (Å²) in [5, 5.41) is 9.20. The van der Waals surface area contributed by atoms with Crippen LogP contribution in [0.5, 0.6) is 0 Å². The second kappa shape index (κ2) is 5.18. The number of rotatable bonds is 3. The molecule has 0 bridgehead atoms. The number of hydrogen-bond donors (Lipinski definition) is 2. The van der Waals surface area contributed by atoms with Crippen LogP contribution in [0, 0.1) is 5.82 Å². The van der Waals surface area contributed by atoms with Gasteiger partial charge in [-0.3, -0.25) is 9.89 Å². The number of carbonyl (C=O) groups excluding carboxylic acids is 1. The summed E-state index contributed by atoms with van der Waals surface area (Å²) in [7, 11) is 0.